The normalized spacial score (nSPS) is 27.9. The summed E-state index contributed by atoms with van der Waals surface area (Å²) in [6.07, 6.45) is 8.61. The van der Waals surface area contributed by atoms with Gasteiger partial charge in [-0.2, -0.15) is 0 Å². The van der Waals surface area contributed by atoms with E-state index in [2.05, 4.69) is 15.2 Å². The third kappa shape index (κ3) is 3.39. The molecule has 0 aromatic heterocycles. The number of halogens is 1. The maximum Gasteiger partial charge on any atom is 0.193 e. The lowest BCUT2D eigenvalue weighted by Crippen LogP contribution is -2.61. The van der Waals surface area contributed by atoms with E-state index in [0.717, 1.165) is 31.6 Å². The van der Waals surface area contributed by atoms with Gasteiger partial charge in [-0.25, -0.2) is 8.42 Å². The van der Waals surface area contributed by atoms with Crippen molar-refractivity contribution in [2.75, 3.05) is 25.9 Å². The predicted octanol–water partition coefficient (Wildman–Crippen LogP) is 2.17. The molecule has 0 bridgehead atoms. The number of hydrogen-bond donors (Lipinski definition) is 1. The van der Waals surface area contributed by atoms with Gasteiger partial charge in [0.15, 0.2) is 15.8 Å². The van der Waals surface area contributed by atoms with Crippen LogP contribution in [0.3, 0.4) is 0 Å². The number of guanidine groups is 1. The first kappa shape index (κ1) is 18.3. The van der Waals surface area contributed by atoms with E-state index in [1.807, 2.05) is 0 Å². The fourth-order valence-electron chi connectivity index (χ4n) is 3.85. The van der Waals surface area contributed by atoms with E-state index in [4.69, 9.17) is 0 Å². The first-order chi connectivity index (χ1) is 10.1. The summed E-state index contributed by atoms with van der Waals surface area (Å²) in [6, 6.07) is 0.532. The van der Waals surface area contributed by atoms with Crippen molar-refractivity contribution < 1.29 is 8.42 Å². The topological polar surface area (TPSA) is 61.8 Å². The van der Waals surface area contributed by atoms with Gasteiger partial charge < -0.3 is 10.2 Å². The fraction of sp³-hybridized carbons (Fsp3) is 0.933. The van der Waals surface area contributed by atoms with Gasteiger partial charge in [-0.1, -0.05) is 19.3 Å². The summed E-state index contributed by atoms with van der Waals surface area (Å²) in [7, 11) is -1.16. The zero-order chi connectivity index (χ0) is 14.9. The van der Waals surface area contributed by atoms with Crippen molar-refractivity contribution in [3.8, 4) is 0 Å². The van der Waals surface area contributed by atoms with Crippen LogP contribution in [-0.2, 0) is 9.84 Å². The van der Waals surface area contributed by atoms with Crippen molar-refractivity contribution in [2.45, 2.75) is 62.2 Å². The number of aliphatic imine (C=N–C) groups is 1. The molecule has 1 aliphatic heterocycles. The number of nitrogens with zero attached hydrogens (tertiary/aromatic N) is 2. The molecule has 2 saturated carbocycles. The Morgan fingerprint density at radius 1 is 1.18 bits per heavy atom. The van der Waals surface area contributed by atoms with Crippen molar-refractivity contribution in [2.24, 2.45) is 4.99 Å². The first-order valence-electron chi connectivity index (χ1n) is 8.27. The van der Waals surface area contributed by atoms with Crippen molar-refractivity contribution in [3.63, 3.8) is 0 Å². The molecular formula is C15H28IN3O2S. The summed E-state index contributed by atoms with van der Waals surface area (Å²) in [5, 5.41) is 3.50. The van der Waals surface area contributed by atoms with Gasteiger partial charge in [0.1, 0.15) is 0 Å². The molecule has 1 heterocycles. The van der Waals surface area contributed by atoms with Gasteiger partial charge >= 0.3 is 0 Å². The highest BCUT2D eigenvalue weighted by Crippen LogP contribution is 2.38. The number of rotatable bonds is 1. The molecular weight excluding hydrogens is 413 g/mol. The smallest absolute Gasteiger partial charge is 0.193 e. The van der Waals surface area contributed by atoms with Crippen LogP contribution in [0.1, 0.15) is 51.4 Å². The van der Waals surface area contributed by atoms with E-state index >= 15 is 0 Å². The van der Waals surface area contributed by atoms with Crippen LogP contribution in [0.4, 0.5) is 0 Å². The summed E-state index contributed by atoms with van der Waals surface area (Å²) in [5.41, 5.74) is 0. The van der Waals surface area contributed by atoms with Crippen LogP contribution in [0.5, 0.6) is 0 Å². The molecule has 3 fully saturated rings. The lowest BCUT2D eigenvalue weighted by atomic mass is 9.87. The Balaban J connectivity index is 0.00000176. The molecule has 1 saturated heterocycles. The molecule has 3 aliphatic rings. The van der Waals surface area contributed by atoms with Crippen LogP contribution >= 0.6 is 24.0 Å². The number of sulfone groups is 1. The molecule has 7 heteroatoms. The lowest BCUT2D eigenvalue weighted by Gasteiger charge is -2.46. The van der Waals surface area contributed by atoms with E-state index in [1.165, 1.54) is 25.7 Å². The minimum atomic E-state index is -2.97. The van der Waals surface area contributed by atoms with Crippen LogP contribution in [0.15, 0.2) is 4.99 Å². The van der Waals surface area contributed by atoms with E-state index in [9.17, 15) is 8.42 Å². The Bertz CT molecular complexity index is 511. The van der Waals surface area contributed by atoms with Crippen LogP contribution in [0.25, 0.3) is 0 Å². The second-order valence-corrected chi connectivity index (χ2v) is 9.31. The molecule has 0 radical (unpaired) electrons. The molecule has 128 valence electrons. The highest BCUT2D eigenvalue weighted by atomic mass is 127. The third-order valence-electron chi connectivity index (χ3n) is 5.48. The molecule has 1 spiro atoms. The molecule has 0 atom stereocenters. The number of hydrogen-bond acceptors (Lipinski definition) is 3. The average molecular weight is 441 g/mol. The Morgan fingerprint density at radius 3 is 2.41 bits per heavy atom. The fourth-order valence-corrected chi connectivity index (χ4v) is 6.01. The van der Waals surface area contributed by atoms with Gasteiger partial charge in [0.2, 0.25) is 0 Å². The van der Waals surface area contributed by atoms with Crippen LogP contribution in [0.2, 0.25) is 0 Å². The number of nitrogens with one attached hydrogen (secondary N) is 1. The predicted molar refractivity (Wildman–Crippen MR) is 101 cm³/mol. The highest BCUT2D eigenvalue weighted by Gasteiger charge is 2.48. The zero-order valence-electron chi connectivity index (χ0n) is 13.4. The molecule has 22 heavy (non-hydrogen) atoms. The maximum absolute atomic E-state index is 12.6. The molecule has 5 nitrogen and oxygen atoms in total. The van der Waals surface area contributed by atoms with Crippen LogP contribution in [0, 0.1) is 0 Å². The molecule has 0 amide bonds. The Morgan fingerprint density at radius 2 is 1.86 bits per heavy atom. The van der Waals surface area contributed by atoms with E-state index in [-0.39, 0.29) is 29.7 Å². The molecule has 0 aromatic rings. The Kier molecular flexibility index (Phi) is 6.01. The van der Waals surface area contributed by atoms with Gasteiger partial charge in [-0.05, 0) is 32.1 Å². The second-order valence-electron chi connectivity index (χ2n) is 6.80. The summed E-state index contributed by atoms with van der Waals surface area (Å²) in [6.45, 7) is 1.21. The highest BCUT2D eigenvalue weighted by molar-refractivity contribution is 14.0. The van der Waals surface area contributed by atoms with Crippen molar-refractivity contribution in [1.82, 2.24) is 10.2 Å². The summed E-state index contributed by atoms with van der Waals surface area (Å²) in [4.78, 5) is 6.58. The van der Waals surface area contributed by atoms with Crippen LogP contribution in [-0.4, -0.2) is 56.0 Å². The average Bonchev–Trinajstić information content (AvgIpc) is 2.43. The lowest BCUT2D eigenvalue weighted by molar-refractivity contribution is 0.266. The molecule has 0 aromatic carbocycles. The van der Waals surface area contributed by atoms with Gasteiger partial charge in [-0.3, -0.25) is 4.99 Å². The summed E-state index contributed by atoms with van der Waals surface area (Å²) < 4.78 is 24.7. The van der Waals surface area contributed by atoms with E-state index < -0.39 is 14.6 Å². The van der Waals surface area contributed by atoms with Crippen molar-refractivity contribution in [1.29, 1.82) is 0 Å². The van der Waals surface area contributed by atoms with Gasteiger partial charge in [0.05, 0.1) is 10.5 Å². The Labute approximate surface area is 151 Å². The van der Waals surface area contributed by atoms with E-state index in [0.29, 0.717) is 19.1 Å². The minimum Gasteiger partial charge on any atom is -0.354 e. The van der Waals surface area contributed by atoms with Gasteiger partial charge in [0, 0.05) is 26.2 Å². The quantitative estimate of drug-likeness (QED) is 0.385. The standard InChI is InChI=1S/C15H27N3O2S.HI/c1-16-14(17-13-6-5-7-13)18-10-11-21(19,20)15(12-18)8-3-2-4-9-15;/h13H,2-12H2,1H3,(H,16,17);1H. The SMILES string of the molecule is CN=C(NC1CCC1)N1CCS(=O)(=O)C2(CCCCC2)C1.I. The Hall–Kier alpha value is -0.0500. The zero-order valence-corrected chi connectivity index (χ0v) is 16.5. The van der Waals surface area contributed by atoms with Gasteiger partial charge in [-0.15, -0.1) is 24.0 Å². The molecule has 3 rings (SSSR count). The van der Waals surface area contributed by atoms with Crippen molar-refractivity contribution in [3.05, 3.63) is 0 Å². The summed E-state index contributed by atoms with van der Waals surface area (Å²) in [5.74, 6) is 1.18. The maximum atomic E-state index is 12.6. The van der Waals surface area contributed by atoms with Gasteiger partial charge in [0.25, 0.3) is 0 Å². The molecule has 2 aliphatic carbocycles. The molecule has 0 unspecified atom stereocenters. The third-order valence-corrected chi connectivity index (χ3v) is 8.06. The second kappa shape index (κ2) is 7.23. The minimum absolute atomic E-state index is 0. The van der Waals surface area contributed by atoms with Crippen molar-refractivity contribution >= 4 is 39.8 Å². The first-order valence-corrected chi connectivity index (χ1v) is 9.92. The van der Waals surface area contributed by atoms with Crippen LogP contribution < -0.4 is 5.32 Å². The molecule has 1 N–H and O–H groups in total. The monoisotopic (exact) mass is 441 g/mol. The summed E-state index contributed by atoms with van der Waals surface area (Å²) >= 11 is 0. The largest absolute Gasteiger partial charge is 0.354 e. The van der Waals surface area contributed by atoms with E-state index in [1.54, 1.807) is 7.05 Å².